The van der Waals surface area contributed by atoms with E-state index in [0.717, 1.165) is 0 Å². The zero-order valence-corrected chi connectivity index (χ0v) is 20.6. The average molecular weight is 523 g/mol. The normalized spacial score (nSPS) is 14.1. The summed E-state index contributed by atoms with van der Waals surface area (Å²) in [5.41, 5.74) is 16.8. The number of carbonyl (C=O) groups excluding carboxylic acids is 5. The summed E-state index contributed by atoms with van der Waals surface area (Å²) in [6.45, 7) is 3.26. The van der Waals surface area contributed by atoms with Gasteiger partial charge in [-0.25, -0.2) is 4.79 Å². The quantitative estimate of drug-likeness (QED) is 0.122. The summed E-state index contributed by atoms with van der Waals surface area (Å²) in [7, 11) is 0. The minimum absolute atomic E-state index is 0.0513. The molecule has 0 aromatic heterocycles. The first kappa shape index (κ1) is 30.8. The average Bonchev–Trinajstić information content (AvgIpc) is 2.79. The Kier molecular flexibility index (Phi) is 12.0. The molecule has 0 spiro atoms. The van der Waals surface area contributed by atoms with Gasteiger partial charge in [-0.2, -0.15) is 0 Å². The number of hydrogen-bond acceptors (Lipinski definition) is 8. The van der Waals surface area contributed by atoms with Gasteiger partial charge in [0.15, 0.2) is 0 Å². The number of nitrogens with two attached hydrogens (primary N) is 3. The second-order valence-electron chi connectivity index (χ2n) is 8.84. The predicted octanol–water partition coefficient (Wildman–Crippen LogP) is -2.40. The van der Waals surface area contributed by atoms with Gasteiger partial charge in [0.05, 0.1) is 12.5 Å². The fourth-order valence-electron chi connectivity index (χ4n) is 3.26. The largest absolute Gasteiger partial charge is 0.508 e. The molecule has 0 radical (unpaired) electrons. The van der Waals surface area contributed by atoms with Crippen LogP contribution < -0.4 is 33.2 Å². The number of phenolic OH excluding ortho intramolecular Hbond substituents is 1. The summed E-state index contributed by atoms with van der Waals surface area (Å²) < 4.78 is 0. The zero-order chi connectivity index (χ0) is 28.3. The smallest absolute Gasteiger partial charge is 0.326 e. The van der Waals surface area contributed by atoms with E-state index in [-0.39, 0.29) is 25.0 Å². The number of aromatic hydroxyl groups is 1. The maximum absolute atomic E-state index is 13.0. The molecule has 14 nitrogen and oxygen atoms in total. The monoisotopic (exact) mass is 522 g/mol. The molecule has 1 aromatic carbocycles. The van der Waals surface area contributed by atoms with Crippen molar-refractivity contribution in [2.24, 2.45) is 23.1 Å². The molecular weight excluding hydrogens is 488 g/mol. The number of hydrogen-bond donors (Lipinski definition) is 8. The zero-order valence-electron chi connectivity index (χ0n) is 20.6. The van der Waals surface area contributed by atoms with Crippen LogP contribution in [0.1, 0.15) is 38.7 Å². The Morgan fingerprint density at radius 3 is 1.89 bits per heavy atom. The number of benzene rings is 1. The van der Waals surface area contributed by atoms with Crippen LogP contribution in [-0.2, 0) is 35.2 Å². The highest BCUT2D eigenvalue weighted by Gasteiger charge is 2.32. The van der Waals surface area contributed by atoms with E-state index in [4.69, 9.17) is 17.2 Å². The molecule has 0 heterocycles. The van der Waals surface area contributed by atoms with E-state index >= 15 is 0 Å². The van der Waals surface area contributed by atoms with Crippen molar-refractivity contribution >= 4 is 35.5 Å². The van der Waals surface area contributed by atoms with Crippen molar-refractivity contribution in [3.63, 3.8) is 0 Å². The van der Waals surface area contributed by atoms with E-state index < -0.39 is 72.0 Å². The van der Waals surface area contributed by atoms with Crippen LogP contribution in [0.4, 0.5) is 0 Å². The molecule has 0 saturated carbocycles. The van der Waals surface area contributed by atoms with Crippen LogP contribution in [0.25, 0.3) is 0 Å². The van der Waals surface area contributed by atoms with Crippen molar-refractivity contribution in [3.8, 4) is 5.75 Å². The highest BCUT2D eigenvalue weighted by Crippen LogP contribution is 2.11. The van der Waals surface area contributed by atoms with Crippen LogP contribution in [0, 0.1) is 5.92 Å². The van der Waals surface area contributed by atoms with Gasteiger partial charge >= 0.3 is 5.97 Å². The minimum Gasteiger partial charge on any atom is -0.508 e. The first-order valence-corrected chi connectivity index (χ1v) is 11.4. The fraction of sp³-hybridized carbons (Fsp3) is 0.478. The lowest BCUT2D eigenvalue weighted by molar-refractivity contribution is -0.142. The first-order valence-electron chi connectivity index (χ1n) is 11.4. The Bertz CT molecular complexity index is 997. The molecule has 11 N–H and O–H groups in total. The molecule has 14 heteroatoms. The molecule has 0 saturated heterocycles. The van der Waals surface area contributed by atoms with E-state index in [9.17, 15) is 39.0 Å². The standard InChI is InChI=1S/C23H34N6O8/c1-11(2)19(29-20(33)14(24)9-12-3-5-13(30)6-4-12)22(35)28-16(10-18(26)32)21(34)27-15(23(36)37)7-8-17(25)31/h3-6,11,14-16,19,30H,7-10,24H2,1-2H3,(H2,25,31)(H2,26,32)(H,27,34)(H,28,35)(H,29,33)(H,36,37). The van der Waals surface area contributed by atoms with Crippen LogP contribution in [0.15, 0.2) is 24.3 Å². The lowest BCUT2D eigenvalue weighted by atomic mass is 10.0. The lowest BCUT2D eigenvalue weighted by Gasteiger charge is -2.26. The van der Waals surface area contributed by atoms with Gasteiger partial charge < -0.3 is 43.4 Å². The number of aliphatic carboxylic acids is 1. The van der Waals surface area contributed by atoms with Gasteiger partial charge in [0.25, 0.3) is 0 Å². The Morgan fingerprint density at radius 1 is 0.838 bits per heavy atom. The van der Waals surface area contributed by atoms with E-state index in [2.05, 4.69) is 16.0 Å². The van der Waals surface area contributed by atoms with Crippen molar-refractivity contribution in [1.29, 1.82) is 0 Å². The van der Waals surface area contributed by atoms with Crippen molar-refractivity contribution in [2.45, 2.75) is 63.7 Å². The van der Waals surface area contributed by atoms with Crippen LogP contribution in [0.2, 0.25) is 0 Å². The van der Waals surface area contributed by atoms with Crippen molar-refractivity contribution in [1.82, 2.24) is 16.0 Å². The highest BCUT2D eigenvalue weighted by molar-refractivity contribution is 5.96. The summed E-state index contributed by atoms with van der Waals surface area (Å²) >= 11 is 0. The number of carbonyl (C=O) groups is 6. The number of nitrogens with one attached hydrogen (secondary N) is 3. The summed E-state index contributed by atoms with van der Waals surface area (Å²) in [6, 6.07) is 0.812. The molecule has 5 amide bonds. The van der Waals surface area contributed by atoms with E-state index in [0.29, 0.717) is 5.56 Å². The number of amides is 5. The second-order valence-corrected chi connectivity index (χ2v) is 8.84. The second kappa shape index (κ2) is 14.4. The van der Waals surface area contributed by atoms with Crippen molar-refractivity contribution in [2.75, 3.05) is 0 Å². The molecule has 0 bridgehead atoms. The Balaban J connectivity index is 2.93. The minimum atomic E-state index is -1.55. The van der Waals surface area contributed by atoms with Crippen LogP contribution in [-0.4, -0.2) is 69.9 Å². The molecule has 0 aliphatic carbocycles. The maximum Gasteiger partial charge on any atom is 0.326 e. The Morgan fingerprint density at radius 2 is 1.41 bits per heavy atom. The molecule has 204 valence electrons. The Labute approximate surface area is 213 Å². The Hall–Kier alpha value is -4.20. The van der Waals surface area contributed by atoms with E-state index in [1.807, 2.05) is 0 Å². The third-order valence-corrected chi connectivity index (χ3v) is 5.31. The molecule has 0 aliphatic rings. The summed E-state index contributed by atoms with van der Waals surface area (Å²) in [4.78, 5) is 72.2. The van der Waals surface area contributed by atoms with Crippen molar-refractivity contribution in [3.05, 3.63) is 29.8 Å². The van der Waals surface area contributed by atoms with Gasteiger partial charge in [0.2, 0.25) is 29.5 Å². The van der Waals surface area contributed by atoms with Crippen LogP contribution in [0.3, 0.4) is 0 Å². The number of carboxylic acids is 1. The first-order chi connectivity index (χ1) is 17.2. The molecular formula is C23H34N6O8. The SMILES string of the molecule is CC(C)C(NC(=O)C(N)Cc1ccc(O)cc1)C(=O)NC(CC(N)=O)C(=O)NC(CCC(N)=O)C(=O)O. The summed E-state index contributed by atoms with van der Waals surface area (Å²) in [5.74, 6) is -6.11. The van der Waals surface area contributed by atoms with Gasteiger partial charge in [0, 0.05) is 6.42 Å². The predicted molar refractivity (Wildman–Crippen MR) is 130 cm³/mol. The fourth-order valence-corrected chi connectivity index (χ4v) is 3.26. The molecule has 0 fully saturated rings. The molecule has 37 heavy (non-hydrogen) atoms. The third kappa shape index (κ3) is 10.9. The molecule has 4 unspecified atom stereocenters. The number of phenols is 1. The molecule has 1 aromatic rings. The number of primary amides is 2. The van der Waals surface area contributed by atoms with Gasteiger partial charge in [-0.05, 0) is 36.5 Å². The maximum atomic E-state index is 13.0. The van der Waals surface area contributed by atoms with E-state index in [1.54, 1.807) is 26.0 Å². The van der Waals surface area contributed by atoms with Crippen molar-refractivity contribution < 1.29 is 39.0 Å². The summed E-state index contributed by atoms with van der Waals surface area (Å²) in [6.07, 6.45) is -1.17. The highest BCUT2D eigenvalue weighted by atomic mass is 16.4. The van der Waals surface area contributed by atoms with E-state index in [1.165, 1.54) is 12.1 Å². The van der Waals surface area contributed by atoms with Gasteiger partial charge in [-0.1, -0.05) is 26.0 Å². The lowest BCUT2D eigenvalue weighted by Crippen LogP contribution is -2.59. The van der Waals surface area contributed by atoms with Gasteiger partial charge in [0.1, 0.15) is 23.9 Å². The molecule has 4 atom stereocenters. The van der Waals surface area contributed by atoms with Crippen LogP contribution in [0.5, 0.6) is 5.75 Å². The summed E-state index contributed by atoms with van der Waals surface area (Å²) in [5, 5.41) is 25.6. The topological polar surface area (TPSA) is 257 Å². The number of carboxylic acid groups (broad SMARTS) is 1. The van der Waals surface area contributed by atoms with Crippen LogP contribution >= 0.6 is 0 Å². The molecule has 0 aliphatic heterocycles. The number of rotatable bonds is 15. The van der Waals surface area contributed by atoms with Gasteiger partial charge in [-0.3, -0.25) is 24.0 Å². The third-order valence-electron chi connectivity index (χ3n) is 5.31. The molecule has 1 rings (SSSR count). The van der Waals surface area contributed by atoms with Gasteiger partial charge in [-0.15, -0.1) is 0 Å².